The fourth-order valence-electron chi connectivity index (χ4n) is 5.55. The van der Waals surface area contributed by atoms with Gasteiger partial charge in [-0.3, -0.25) is 4.90 Å². The number of aromatic carboxylic acids is 1. The largest absolute Gasteiger partial charge is 0.478 e. The average Bonchev–Trinajstić information content (AvgIpc) is 3.59. The highest BCUT2D eigenvalue weighted by Crippen LogP contribution is 2.38. The molecule has 2 aliphatic rings. The number of hydrogen-bond donors (Lipinski definition) is 1. The van der Waals surface area contributed by atoms with Crippen LogP contribution < -0.4 is 4.74 Å². The second-order valence-electron chi connectivity index (χ2n) is 10.8. The molecule has 0 saturated carbocycles. The van der Waals surface area contributed by atoms with Crippen molar-refractivity contribution in [3.63, 3.8) is 0 Å². The van der Waals surface area contributed by atoms with Gasteiger partial charge in [0.15, 0.2) is 0 Å². The minimum atomic E-state index is -4.71. The molecule has 0 amide bonds. The summed E-state index contributed by atoms with van der Waals surface area (Å²) in [4.78, 5) is 22.7. The summed E-state index contributed by atoms with van der Waals surface area (Å²) < 4.78 is 69.1. The van der Waals surface area contributed by atoms with Crippen molar-refractivity contribution in [1.29, 1.82) is 0 Å². The third-order valence-corrected chi connectivity index (χ3v) is 8.05. The van der Waals surface area contributed by atoms with Crippen LogP contribution in [-0.4, -0.2) is 50.3 Å². The van der Waals surface area contributed by atoms with Crippen LogP contribution in [0.1, 0.15) is 45.0 Å². The van der Waals surface area contributed by atoms with Crippen LogP contribution in [0.4, 0.5) is 17.6 Å². The Bertz CT molecular complexity index is 1690. The van der Waals surface area contributed by atoms with Crippen molar-refractivity contribution in [2.75, 3.05) is 19.8 Å². The number of alkyl halides is 3. The second-order valence-corrected chi connectivity index (χ2v) is 11.2. The van der Waals surface area contributed by atoms with E-state index < -0.39 is 36.0 Å². The number of hydrogen-bond acceptors (Lipinski definition) is 6. The van der Waals surface area contributed by atoms with Gasteiger partial charge in [-0.1, -0.05) is 17.7 Å². The van der Waals surface area contributed by atoms with E-state index in [2.05, 4.69) is 4.98 Å². The molecule has 2 aliphatic heterocycles. The number of imidazole rings is 1. The van der Waals surface area contributed by atoms with Crippen LogP contribution in [0.15, 0.2) is 42.5 Å². The molecule has 0 radical (unpaired) electrons. The molecule has 8 nitrogen and oxygen atoms in total. The van der Waals surface area contributed by atoms with E-state index in [1.165, 1.54) is 18.2 Å². The quantitative estimate of drug-likeness (QED) is 0.238. The Morgan fingerprint density at radius 2 is 2.00 bits per heavy atom. The van der Waals surface area contributed by atoms with Crippen molar-refractivity contribution >= 4 is 28.6 Å². The Morgan fingerprint density at radius 3 is 2.72 bits per heavy atom. The minimum Gasteiger partial charge on any atom is -0.478 e. The van der Waals surface area contributed by atoms with Gasteiger partial charge in [-0.05, 0) is 54.8 Å². The molecule has 1 saturated heterocycles. The molecule has 2 aromatic carbocycles. The maximum atomic E-state index is 14.3. The summed E-state index contributed by atoms with van der Waals surface area (Å²) in [5, 5.41) is 9.69. The molecule has 0 unspecified atom stereocenters. The number of carboxylic acid groups (broad SMARTS) is 1. The van der Waals surface area contributed by atoms with E-state index >= 15 is 0 Å². The number of carbonyl (C=O) groups is 1. The van der Waals surface area contributed by atoms with Gasteiger partial charge < -0.3 is 19.1 Å². The highest BCUT2D eigenvalue weighted by molar-refractivity contribution is 6.30. The molecule has 0 spiro atoms. The highest BCUT2D eigenvalue weighted by Gasteiger charge is 2.37. The Balaban J connectivity index is 1.27. The van der Waals surface area contributed by atoms with Crippen LogP contribution in [0.2, 0.25) is 5.02 Å². The first-order valence-electron chi connectivity index (χ1n) is 13.7. The van der Waals surface area contributed by atoms with Gasteiger partial charge in [-0.2, -0.15) is 13.2 Å². The fraction of sp³-hybridized carbons (Fsp3) is 0.367. The lowest BCUT2D eigenvalue weighted by atomic mass is 10.0. The fourth-order valence-corrected chi connectivity index (χ4v) is 5.70. The number of fused-ring (bicyclic) bond motifs is 2. The molecule has 4 aromatic rings. The molecular formula is C30H27ClF4N4O4. The van der Waals surface area contributed by atoms with Crippen molar-refractivity contribution in [3.05, 3.63) is 87.1 Å². The zero-order chi connectivity index (χ0) is 30.3. The lowest BCUT2D eigenvalue weighted by molar-refractivity contribution is -0.139. The minimum absolute atomic E-state index is 0.0521. The van der Waals surface area contributed by atoms with Crippen molar-refractivity contribution in [2.45, 2.75) is 45.3 Å². The summed E-state index contributed by atoms with van der Waals surface area (Å²) in [6.07, 6.45) is -3.50. The second kappa shape index (κ2) is 11.7. The summed E-state index contributed by atoms with van der Waals surface area (Å²) in [6.45, 7) is 2.51. The highest BCUT2D eigenvalue weighted by atomic mass is 35.5. The number of ether oxygens (including phenoxy) is 2. The number of nitrogens with zero attached hydrogens (tertiary/aromatic N) is 4. The molecule has 6 rings (SSSR count). The van der Waals surface area contributed by atoms with Gasteiger partial charge in [-0.15, -0.1) is 0 Å². The molecular weight excluding hydrogens is 592 g/mol. The maximum absolute atomic E-state index is 14.3. The number of benzene rings is 2. The van der Waals surface area contributed by atoms with E-state index in [4.69, 9.17) is 26.1 Å². The van der Waals surface area contributed by atoms with E-state index in [9.17, 15) is 27.5 Å². The molecule has 0 bridgehead atoms. The number of pyridine rings is 1. The van der Waals surface area contributed by atoms with E-state index in [-0.39, 0.29) is 28.6 Å². The van der Waals surface area contributed by atoms with Gasteiger partial charge in [0.25, 0.3) is 0 Å². The molecule has 4 heterocycles. The van der Waals surface area contributed by atoms with Gasteiger partial charge in [-0.25, -0.2) is 19.2 Å². The normalized spacial score (nSPS) is 17.4. The van der Waals surface area contributed by atoms with Crippen LogP contribution >= 0.6 is 11.6 Å². The van der Waals surface area contributed by atoms with E-state index in [0.29, 0.717) is 61.6 Å². The van der Waals surface area contributed by atoms with Crippen LogP contribution in [0.5, 0.6) is 5.88 Å². The van der Waals surface area contributed by atoms with Gasteiger partial charge >= 0.3 is 12.1 Å². The van der Waals surface area contributed by atoms with Crippen molar-refractivity contribution in [3.8, 4) is 5.88 Å². The predicted molar refractivity (Wildman–Crippen MR) is 148 cm³/mol. The van der Waals surface area contributed by atoms with Crippen molar-refractivity contribution in [1.82, 2.24) is 19.4 Å². The summed E-state index contributed by atoms with van der Waals surface area (Å²) in [6, 6.07) is 9.73. The monoisotopic (exact) mass is 618 g/mol. The Hall–Kier alpha value is -3.74. The van der Waals surface area contributed by atoms with Crippen molar-refractivity contribution in [2.24, 2.45) is 5.92 Å². The third kappa shape index (κ3) is 6.31. The first-order valence-corrected chi connectivity index (χ1v) is 14.1. The van der Waals surface area contributed by atoms with Crippen molar-refractivity contribution < 1.29 is 36.9 Å². The first kappa shape index (κ1) is 29.3. The summed E-state index contributed by atoms with van der Waals surface area (Å²) in [5.74, 6) is -1.37. The summed E-state index contributed by atoms with van der Waals surface area (Å²) in [7, 11) is 0. The van der Waals surface area contributed by atoms with E-state index in [1.807, 2.05) is 9.47 Å². The van der Waals surface area contributed by atoms with Crippen LogP contribution in [0.25, 0.3) is 11.0 Å². The van der Waals surface area contributed by atoms with Crippen LogP contribution in [0.3, 0.4) is 0 Å². The van der Waals surface area contributed by atoms with Crippen LogP contribution in [-0.2, 0) is 43.6 Å². The van der Waals surface area contributed by atoms with Gasteiger partial charge in [0.1, 0.15) is 23.8 Å². The number of carboxylic acids is 1. The lowest BCUT2D eigenvalue weighted by Gasteiger charge is -2.29. The average molecular weight is 619 g/mol. The molecule has 1 atom stereocenters. The van der Waals surface area contributed by atoms with E-state index in [0.717, 1.165) is 24.4 Å². The molecule has 13 heteroatoms. The van der Waals surface area contributed by atoms with Crippen LogP contribution in [0, 0.1) is 11.7 Å². The number of aromatic nitrogens is 3. The molecule has 226 valence electrons. The molecule has 1 fully saturated rings. The van der Waals surface area contributed by atoms with Gasteiger partial charge in [0, 0.05) is 42.7 Å². The molecule has 1 N–H and O–H groups in total. The lowest BCUT2D eigenvalue weighted by Crippen LogP contribution is -2.32. The topological polar surface area (TPSA) is 89.7 Å². The Morgan fingerprint density at radius 1 is 1.16 bits per heavy atom. The van der Waals surface area contributed by atoms with E-state index in [1.54, 1.807) is 12.1 Å². The third-order valence-electron chi connectivity index (χ3n) is 7.82. The van der Waals surface area contributed by atoms with Gasteiger partial charge in [0.05, 0.1) is 35.4 Å². The summed E-state index contributed by atoms with van der Waals surface area (Å²) >= 11 is 5.78. The molecule has 2 aromatic heterocycles. The first-order chi connectivity index (χ1) is 20.5. The smallest absolute Gasteiger partial charge is 0.421 e. The maximum Gasteiger partial charge on any atom is 0.421 e. The number of halogens is 5. The number of rotatable bonds is 8. The summed E-state index contributed by atoms with van der Waals surface area (Å²) in [5.41, 5.74) is 1.47. The Labute approximate surface area is 248 Å². The standard InChI is InChI=1S/C30H27ClF4N4O4/c31-21-3-1-20(23(32)11-21)16-43-28-22(30(33,34)35)9-18-5-7-38(13-25(18)37-28)14-27-36-24-4-2-19(29(40)41)10-26(24)39(27)12-17-6-8-42-15-17/h1-4,9-11,17H,5-8,12-16H2,(H,40,41)/t17-/m1/s1. The Kier molecular flexibility index (Phi) is 8.01. The zero-order valence-electron chi connectivity index (χ0n) is 22.8. The van der Waals surface area contributed by atoms with Gasteiger partial charge in [0.2, 0.25) is 5.88 Å². The SMILES string of the molecule is O=C(O)c1ccc2nc(CN3CCc4cc(C(F)(F)F)c(OCc5ccc(Cl)cc5F)nc4C3)n(C[C@H]3CCOC3)c2c1. The molecule has 0 aliphatic carbocycles. The zero-order valence-corrected chi connectivity index (χ0v) is 23.6. The molecule has 43 heavy (non-hydrogen) atoms. The predicted octanol–water partition coefficient (Wildman–Crippen LogP) is 6.11.